The number of carbonyl (C=O) groups is 1. The van der Waals surface area contributed by atoms with Crippen LogP contribution in [0.15, 0.2) is 36.7 Å². The second-order valence-electron chi connectivity index (χ2n) is 5.22. The monoisotopic (exact) mass is 285 g/mol. The molecule has 2 aromatic rings. The van der Waals surface area contributed by atoms with Crippen molar-refractivity contribution >= 4 is 5.97 Å². The molecule has 1 unspecified atom stereocenters. The van der Waals surface area contributed by atoms with Crippen molar-refractivity contribution in [2.24, 2.45) is 0 Å². The van der Waals surface area contributed by atoms with Gasteiger partial charge in [-0.2, -0.15) is 0 Å². The zero-order chi connectivity index (χ0) is 14.5. The molecule has 0 fully saturated rings. The number of ether oxygens (including phenoxy) is 1. The topological polar surface area (TPSA) is 67.0 Å². The van der Waals surface area contributed by atoms with Crippen molar-refractivity contribution in [1.82, 2.24) is 15.3 Å². The van der Waals surface area contributed by atoms with E-state index in [1.54, 1.807) is 6.33 Å². The zero-order valence-electron chi connectivity index (χ0n) is 11.8. The highest BCUT2D eigenvalue weighted by Gasteiger charge is 2.26. The first-order valence-corrected chi connectivity index (χ1v) is 7.28. The van der Waals surface area contributed by atoms with Crippen LogP contribution in [0, 0.1) is 0 Å². The lowest BCUT2D eigenvalue weighted by Gasteiger charge is -2.21. The Morgan fingerprint density at radius 3 is 3.05 bits per heavy atom. The molecule has 5 nitrogen and oxygen atoms in total. The molecule has 1 atom stereocenters. The van der Waals surface area contributed by atoms with Gasteiger partial charge in [-0.05, 0) is 18.4 Å². The number of nitrogens with one attached hydrogen (secondary N) is 2. The maximum Gasteiger partial charge on any atom is 0.323 e. The van der Waals surface area contributed by atoms with E-state index in [2.05, 4.69) is 27.4 Å². The molecule has 0 aliphatic carbocycles. The van der Waals surface area contributed by atoms with Crippen LogP contribution >= 0.6 is 0 Å². The summed E-state index contributed by atoms with van der Waals surface area (Å²) in [4.78, 5) is 19.3. The third-order valence-corrected chi connectivity index (χ3v) is 3.71. The minimum absolute atomic E-state index is 0.184. The molecule has 1 aromatic carbocycles. The molecule has 1 aliphatic rings. The molecule has 5 heteroatoms. The molecule has 2 N–H and O–H groups in total. The summed E-state index contributed by atoms with van der Waals surface area (Å²) in [7, 11) is 0. The Balaban J connectivity index is 1.41. The average molecular weight is 285 g/mol. The van der Waals surface area contributed by atoms with Gasteiger partial charge in [0.15, 0.2) is 0 Å². The molecule has 0 saturated heterocycles. The van der Waals surface area contributed by atoms with Crippen molar-refractivity contribution in [1.29, 1.82) is 0 Å². The van der Waals surface area contributed by atoms with Gasteiger partial charge < -0.3 is 9.72 Å². The van der Waals surface area contributed by atoms with E-state index in [-0.39, 0.29) is 12.0 Å². The number of carbonyl (C=O) groups excluding carboxylic acids is 1. The maximum atomic E-state index is 12.0. The van der Waals surface area contributed by atoms with Gasteiger partial charge in [0.1, 0.15) is 6.04 Å². The van der Waals surface area contributed by atoms with Crippen LogP contribution in [-0.4, -0.2) is 28.6 Å². The van der Waals surface area contributed by atoms with E-state index in [1.165, 1.54) is 5.56 Å². The lowest BCUT2D eigenvalue weighted by atomic mass is 10.1. The fourth-order valence-electron chi connectivity index (χ4n) is 2.53. The van der Waals surface area contributed by atoms with Gasteiger partial charge in [0.2, 0.25) is 0 Å². The Morgan fingerprint density at radius 2 is 2.19 bits per heavy atom. The van der Waals surface area contributed by atoms with Gasteiger partial charge in [-0.3, -0.25) is 10.1 Å². The third-order valence-electron chi connectivity index (χ3n) is 3.71. The summed E-state index contributed by atoms with van der Waals surface area (Å²) < 4.78 is 5.36. The largest absolute Gasteiger partial charge is 0.465 e. The first kappa shape index (κ1) is 13.8. The van der Waals surface area contributed by atoms with Crippen LogP contribution in [0.5, 0.6) is 0 Å². The van der Waals surface area contributed by atoms with Crippen molar-refractivity contribution in [3.05, 3.63) is 53.6 Å². The number of H-pyrrole nitrogens is 1. The van der Waals surface area contributed by atoms with Gasteiger partial charge in [0, 0.05) is 13.0 Å². The van der Waals surface area contributed by atoms with Crippen molar-refractivity contribution in [2.75, 3.05) is 6.61 Å². The Labute approximate surface area is 123 Å². The van der Waals surface area contributed by atoms with Crippen molar-refractivity contribution < 1.29 is 9.53 Å². The number of hydrogen-bond acceptors (Lipinski definition) is 4. The number of nitrogens with zero attached hydrogens (tertiary/aromatic N) is 1. The minimum Gasteiger partial charge on any atom is -0.465 e. The highest BCUT2D eigenvalue weighted by molar-refractivity contribution is 5.76. The zero-order valence-corrected chi connectivity index (χ0v) is 11.8. The van der Waals surface area contributed by atoms with Gasteiger partial charge in [-0.1, -0.05) is 30.3 Å². The molecule has 110 valence electrons. The normalized spacial score (nSPS) is 17.2. The number of rotatable bonds is 5. The van der Waals surface area contributed by atoms with Crippen LogP contribution in [0.3, 0.4) is 0 Å². The van der Waals surface area contributed by atoms with Crippen molar-refractivity contribution in [2.45, 2.75) is 31.8 Å². The van der Waals surface area contributed by atoms with E-state index >= 15 is 0 Å². The summed E-state index contributed by atoms with van der Waals surface area (Å²) >= 11 is 0. The summed E-state index contributed by atoms with van der Waals surface area (Å²) in [5.41, 5.74) is 3.29. The van der Waals surface area contributed by atoms with E-state index in [0.717, 1.165) is 24.2 Å². The van der Waals surface area contributed by atoms with Crippen LogP contribution < -0.4 is 5.32 Å². The highest BCUT2D eigenvalue weighted by atomic mass is 16.5. The molecule has 2 heterocycles. The maximum absolute atomic E-state index is 12.0. The molecule has 1 aromatic heterocycles. The average Bonchev–Trinajstić information content (AvgIpc) is 3.00. The van der Waals surface area contributed by atoms with Gasteiger partial charge in [0.25, 0.3) is 0 Å². The Bertz CT molecular complexity index is 595. The van der Waals surface area contributed by atoms with Gasteiger partial charge in [-0.25, -0.2) is 4.98 Å². The molecule has 1 aliphatic heterocycles. The number of aryl methyl sites for hydroxylation is 1. The van der Waals surface area contributed by atoms with Crippen molar-refractivity contribution in [3.63, 3.8) is 0 Å². The standard InChI is InChI=1S/C16H19N3O2/c20-16(14-9-13-15(10-17-14)19-11-18-13)21-8-4-7-12-5-2-1-3-6-12/h1-3,5-6,11,14,17H,4,7-10H2,(H,18,19). The van der Waals surface area contributed by atoms with Crippen LogP contribution in [-0.2, 0) is 28.9 Å². The molecular weight excluding hydrogens is 266 g/mol. The number of fused-ring (bicyclic) bond motifs is 1. The fraction of sp³-hybridized carbons (Fsp3) is 0.375. The van der Waals surface area contributed by atoms with E-state index in [9.17, 15) is 4.79 Å². The quantitative estimate of drug-likeness (QED) is 0.647. The number of imidazole rings is 1. The Hall–Kier alpha value is -2.14. The second-order valence-corrected chi connectivity index (χ2v) is 5.22. The smallest absolute Gasteiger partial charge is 0.323 e. The van der Waals surface area contributed by atoms with E-state index in [4.69, 9.17) is 4.74 Å². The number of esters is 1. The van der Waals surface area contributed by atoms with E-state index in [0.29, 0.717) is 19.6 Å². The summed E-state index contributed by atoms with van der Waals surface area (Å²) in [6.07, 6.45) is 4.03. The first-order valence-electron chi connectivity index (χ1n) is 7.28. The molecular formula is C16H19N3O2. The van der Waals surface area contributed by atoms with Crippen LogP contribution in [0.2, 0.25) is 0 Å². The molecule has 0 radical (unpaired) electrons. The number of aromatic nitrogens is 2. The van der Waals surface area contributed by atoms with Gasteiger partial charge >= 0.3 is 5.97 Å². The SMILES string of the molecule is O=C(OCCCc1ccccc1)C1Cc2nc[nH]c2CN1. The Morgan fingerprint density at radius 1 is 1.33 bits per heavy atom. The van der Waals surface area contributed by atoms with E-state index < -0.39 is 0 Å². The summed E-state index contributed by atoms with van der Waals surface area (Å²) in [6.45, 7) is 1.10. The minimum atomic E-state index is -0.280. The van der Waals surface area contributed by atoms with E-state index in [1.807, 2.05) is 18.2 Å². The Kier molecular flexibility index (Phi) is 4.31. The van der Waals surface area contributed by atoms with Gasteiger partial charge in [0.05, 0.1) is 24.3 Å². The van der Waals surface area contributed by atoms with Gasteiger partial charge in [-0.15, -0.1) is 0 Å². The predicted octanol–water partition coefficient (Wildman–Crippen LogP) is 1.60. The lowest BCUT2D eigenvalue weighted by molar-refractivity contribution is -0.146. The predicted molar refractivity (Wildman–Crippen MR) is 78.6 cm³/mol. The number of benzene rings is 1. The highest BCUT2D eigenvalue weighted by Crippen LogP contribution is 2.13. The van der Waals surface area contributed by atoms with Crippen LogP contribution in [0.1, 0.15) is 23.4 Å². The lowest BCUT2D eigenvalue weighted by Crippen LogP contribution is -2.43. The van der Waals surface area contributed by atoms with Crippen molar-refractivity contribution in [3.8, 4) is 0 Å². The molecule has 3 rings (SSSR count). The van der Waals surface area contributed by atoms with Crippen LogP contribution in [0.25, 0.3) is 0 Å². The summed E-state index contributed by atoms with van der Waals surface area (Å²) in [5.74, 6) is -0.184. The summed E-state index contributed by atoms with van der Waals surface area (Å²) in [5, 5.41) is 3.17. The second kappa shape index (κ2) is 6.54. The number of aromatic amines is 1. The third kappa shape index (κ3) is 3.49. The first-order chi connectivity index (χ1) is 10.3. The molecule has 21 heavy (non-hydrogen) atoms. The molecule has 0 bridgehead atoms. The fourth-order valence-corrected chi connectivity index (χ4v) is 2.53. The molecule has 0 spiro atoms. The number of hydrogen-bond donors (Lipinski definition) is 2. The molecule has 0 saturated carbocycles. The molecule has 0 amide bonds. The summed E-state index contributed by atoms with van der Waals surface area (Å²) in [6, 6.07) is 9.94. The van der Waals surface area contributed by atoms with Crippen LogP contribution in [0.4, 0.5) is 0 Å².